The number of hydrogen-bond donors (Lipinski definition) is 2. The van der Waals surface area contributed by atoms with Crippen molar-refractivity contribution in [3.63, 3.8) is 0 Å². The van der Waals surface area contributed by atoms with Crippen molar-refractivity contribution >= 4 is 29.9 Å². The summed E-state index contributed by atoms with van der Waals surface area (Å²) >= 11 is 0. The zero-order valence-electron chi connectivity index (χ0n) is 18.7. The number of furan rings is 1. The van der Waals surface area contributed by atoms with Crippen molar-refractivity contribution in [2.45, 2.75) is 46.1 Å². The van der Waals surface area contributed by atoms with Gasteiger partial charge in [0.2, 0.25) is 0 Å². The van der Waals surface area contributed by atoms with Crippen molar-refractivity contribution in [3.8, 4) is 0 Å². The van der Waals surface area contributed by atoms with Crippen LogP contribution in [0.3, 0.4) is 0 Å². The zero-order valence-corrected chi connectivity index (χ0v) is 21.0. The van der Waals surface area contributed by atoms with E-state index in [4.69, 9.17) is 18.7 Å². The number of nitrogens with one attached hydrogen (secondary N) is 2. The van der Waals surface area contributed by atoms with Gasteiger partial charge in [-0.25, -0.2) is 4.99 Å². The number of nitrogens with zero attached hydrogens (tertiary/aromatic N) is 3. The first-order chi connectivity index (χ1) is 14.8. The molecule has 0 spiro atoms. The van der Waals surface area contributed by atoms with Gasteiger partial charge >= 0.3 is 0 Å². The molecule has 0 bridgehead atoms. The lowest BCUT2D eigenvalue weighted by Gasteiger charge is -2.26. The first kappa shape index (κ1) is 25.7. The van der Waals surface area contributed by atoms with E-state index in [1.807, 2.05) is 12.1 Å². The Kier molecular flexibility index (Phi) is 12.0. The second-order valence-corrected chi connectivity index (χ2v) is 7.39. The Morgan fingerprint density at radius 2 is 1.97 bits per heavy atom. The summed E-state index contributed by atoms with van der Waals surface area (Å²) in [5.41, 5.74) is 2.11. The van der Waals surface area contributed by atoms with Crippen LogP contribution in [0, 0.1) is 0 Å². The summed E-state index contributed by atoms with van der Waals surface area (Å²) in [6.07, 6.45) is 5.26. The molecule has 3 heterocycles. The van der Waals surface area contributed by atoms with E-state index in [2.05, 4.69) is 34.5 Å². The van der Waals surface area contributed by atoms with Gasteiger partial charge in [-0.15, -0.1) is 24.0 Å². The molecule has 9 heteroatoms. The van der Waals surface area contributed by atoms with Crippen LogP contribution in [0.1, 0.15) is 43.0 Å². The van der Waals surface area contributed by atoms with Gasteiger partial charge in [0.1, 0.15) is 11.5 Å². The maximum absolute atomic E-state index is 5.48. The lowest BCUT2D eigenvalue weighted by Crippen LogP contribution is -2.41. The number of morpholine rings is 1. The van der Waals surface area contributed by atoms with E-state index in [1.54, 1.807) is 6.26 Å². The number of aromatic nitrogens is 1. The van der Waals surface area contributed by atoms with E-state index >= 15 is 0 Å². The van der Waals surface area contributed by atoms with Crippen LogP contribution < -0.4 is 10.6 Å². The summed E-state index contributed by atoms with van der Waals surface area (Å²) < 4.78 is 16.3. The molecule has 0 amide bonds. The number of aryl methyl sites for hydroxylation is 2. The molecule has 174 valence electrons. The summed E-state index contributed by atoms with van der Waals surface area (Å²) in [6.45, 7) is 11.2. The Hall–Kier alpha value is -1.59. The molecule has 31 heavy (non-hydrogen) atoms. The molecule has 0 radical (unpaired) electrons. The maximum atomic E-state index is 5.48. The van der Waals surface area contributed by atoms with Gasteiger partial charge in [-0.3, -0.25) is 4.90 Å². The highest BCUT2D eigenvalue weighted by Gasteiger charge is 2.13. The molecule has 1 aliphatic heterocycles. The minimum Gasteiger partial charge on any atom is -0.469 e. The summed E-state index contributed by atoms with van der Waals surface area (Å²) in [4.78, 5) is 7.27. The topological polar surface area (TPSA) is 88.1 Å². The van der Waals surface area contributed by atoms with Crippen molar-refractivity contribution in [1.29, 1.82) is 0 Å². The number of aliphatic imine (C=N–C) groups is 1. The molecule has 3 rings (SSSR count). The van der Waals surface area contributed by atoms with Gasteiger partial charge in [-0.05, 0) is 31.5 Å². The fraction of sp³-hybridized carbons (Fsp3) is 0.636. The number of ether oxygens (including phenoxy) is 1. The van der Waals surface area contributed by atoms with Crippen LogP contribution >= 0.6 is 24.0 Å². The Bertz CT molecular complexity index is 736. The van der Waals surface area contributed by atoms with Crippen LogP contribution in [0.5, 0.6) is 0 Å². The Morgan fingerprint density at radius 1 is 1.16 bits per heavy atom. The van der Waals surface area contributed by atoms with Crippen molar-refractivity contribution in [2.75, 3.05) is 45.9 Å². The van der Waals surface area contributed by atoms with Gasteiger partial charge in [0.15, 0.2) is 5.96 Å². The van der Waals surface area contributed by atoms with E-state index in [1.165, 1.54) is 0 Å². The summed E-state index contributed by atoms with van der Waals surface area (Å²) in [5, 5.41) is 11.1. The molecule has 0 unspecified atom stereocenters. The molecular weight excluding hydrogens is 509 g/mol. The predicted octanol–water partition coefficient (Wildman–Crippen LogP) is 3.01. The largest absolute Gasteiger partial charge is 0.469 e. The molecule has 0 aromatic carbocycles. The molecule has 8 nitrogen and oxygen atoms in total. The van der Waals surface area contributed by atoms with Gasteiger partial charge in [0.05, 0.1) is 31.7 Å². The normalized spacial score (nSPS) is 15.0. The quantitative estimate of drug-likeness (QED) is 0.194. The van der Waals surface area contributed by atoms with Gasteiger partial charge in [-0.2, -0.15) is 0 Å². The van der Waals surface area contributed by atoms with Gasteiger partial charge in [-0.1, -0.05) is 19.0 Å². The lowest BCUT2D eigenvalue weighted by molar-refractivity contribution is 0.0376. The fourth-order valence-corrected chi connectivity index (χ4v) is 3.54. The second-order valence-electron chi connectivity index (χ2n) is 7.39. The smallest absolute Gasteiger partial charge is 0.191 e. The van der Waals surface area contributed by atoms with E-state index in [-0.39, 0.29) is 24.0 Å². The maximum Gasteiger partial charge on any atom is 0.191 e. The van der Waals surface area contributed by atoms with E-state index < -0.39 is 0 Å². The molecule has 1 aliphatic rings. The van der Waals surface area contributed by atoms with Crippen molar-refractivity contribution < 1.29 is 13.7 Å². The third kappa shape index (κ3) is 8.46. The number of hydrogen-bond acceptors (Lipinski definition) is 6. The third-order valence-corrected chi connectivity index (χ3v) is 5.29. The predicted molar refractivity (Wildman–Crippen MR) is 132 cm³/mol. The molecule has 0 atom stereocenters. The van der Waals surface area contributed by atoms with Crippen LogP contribution in [0.15, 0.2) is 32.3 Å². The number of rotatable bonds is 11. The van der Waals surface area contributed by atoms with Gasteiger partial charge in [0.25, 0.3) is 0 Å². The first-order valence-electron chi connectivity index (χ1n) is 11.1. The molecule has 2 aromatic rings. The number of halogens is 1. The molecular formula is C22H36IN5O3. The fourth-order valence-electron chi connectivity index (χ4n) is 3.54. The number of guanidine groups is 1. The SMILES string of the molecule is CCc1noc(CC)c1CN=C(NCCCN1CCOCC1)NCCc1ccco1.I. The molecule has 1 fully saturated rings. The molecule has 2 aromatic heterocycles. The van der Waals surface area contributed by atoms with Gasteiger partial charge < -0.3 is 24.3 Å². The van der Waals surface area contributed by atoms with E-state index in [0.717, 1.165) is 100 Å². The monoisotopic (exact) mass is 545 g/mol. The van der Waals surface area contributed by atoms with E-state index in [0.29, 0.717) is 6.54 Å². The van der Waals surface area contributed by atoms with Gasteiger partial charge in [0, 0.05) is 44.6 Å². The zero-order chi connectivity index (χ0) is 21.0. The summed E-state index contributed by atoms with van der Waals surface area (Å²) in [5.74, 6) is 2.71. The van der Waals surface area contributed by atoms with Crippen molar-refractivity contribution in [1.82, 2.24) is 20.7 Å². The van der Waals surface area contributed by atoms with Crippen LogP contribution in [0.2, 0.25) is 0 Å². The second kappa shape index (κ2) is 14.5. The summed E-state index contributed by atoms with van der Waals surface area (Å²) in [6, 6.07) is 3.91. The molecule has 0 saturated carbocycles. The highest BCUT2D eigenvalue weighted by atomic mass is 127. The summed E-state index contributed by atoms with van der Waals surface area (Å²) in [7, 11) is 0. The molecule has 2 N–H and O–H groups in total. The highest BCUT2D eigenvalue weighted by molar-refractivity contribution is 14.0. The highest BCUT2D eigenvalue weighted by Crippen LogP contribution is 2.16. The Balaban J connectivity index is 0.00000341. The van der Waals surface area contributed by atoms with Crippen LogP contribution in [0.25, 0.3) is 0 Å². The molecule has 0 aliphatic carbocycles. The van der Waals surface area contributed by atoms with E-state index in [9.17, 15) is 0 Å². The average Bonchev–Trinajstić information content (AvgIpc) is 3.44. The van der Waals surface area contributed by atoms with Crippen LogP contribution in [-0.4, -0.2) is 62.0 Å². The molecule has 1 saturated heterocycles. The van der Waals surface area contributed by atoms with Crippen molar-refractivity contribution in [3.05, 3.63) is 41.2 Å². The van der Waals surface area contributed by atoms with Crippen molar-refractivity contribution in [2.24, 2.45) is 4.99 Å². The Labute approximate surface area is 202 Å². The average molecular weight is 545 g/mol. The first-order valence-corrected chi connectivity index (χ1v) is 11.1. The standard InChI is InChI=1S/C22H35N5O3.HI/c1-3-20-19(21(4-2)30-26-20)17-25-22(24-10-8-18-7-5-14-29-18)23-9-6-11-27-12-15-28-16-13-27;/h5,7,14H,3-4,6,8-13,15-17H2,1-2H3,(H2,23,24,25);1H. The minimum absolute atomic E-state index is 0. The third-order valence-electron chi connectivity index (χ3n) is 5.29. The van der Waals surface area contributed by atoms with Crippen LogP contribution in [-0.2, 0) is 30.5 Å². The Morgan fingerprint density at radius 3 is 2.68 bits per heavy atom. The lowest BCUT2D eigenvalue weighted by atomic mass is 10.1. The van der Waals surface area contributed by atoms with Crippen LogP contribution in [0.4, 0.5) is 0 Å². The minimum atomic E-state index is 0.